The fourth-order valence-corrected chi connectivity index (χ4v) is 1.26. The molecule has 14 heavy (non-hydrogen) atoms. The summed E-state index contributed by atoms with van der Waals surface area (Å²) in [5.74, 6) is -0.373. The molecule has 0 amide bonds. The van der Waals surface area contributed by atoms with Crippen LogP contribution in [0.5, 0.6) is 0 Å². The van der Waals surface area contributed by atoms with Crippen molar-refractivity contribution in [1.29, 1.82) is 0 Å². The van der Waals surface area contributed by atoms with Gasteiger partial charge in [0.25, 0.3) is 0 Å². The van der Waals surface area contributed by atoms with Crippen molar-refractivity contribution in [3.63, 3.8) is 0 Å². The Morgan fingerprint density at radius 2 is 2.14 bits per heavy atom. The van der Waals surface area contributed by atoms with E-state index in [0.717, 1.165) is 0 Å². The molecule has 0 atom stereocenters. The Kier molecular flexibility index (Phi) is 3.23. The van der Waals surface area contributed by atoms with Crippen LogP contribution in [0.4, 0.5) is 10.1 Å². The monoisotopic (exact) mass is 195 g/mol. The van der Waals surface area contributed by atoms with Crippen LogP contribution < -0.4 is 5.73 Å². The number of nitrogens with two attached hydrogens (primary N) is 1. The summed E-state index contributed by atoms with van der Waals surface area (Å²) in [4.78, 5) is 11.6. The molecule has 0 bridgehead atoms. The molecule has 0 fully saturated rings. The minimum Gasteiger partial charge on any atom is -0.396 e. The summed E-state index contributed by atoms with van der Waals surface area (Å²) >= 11 is 0. The Morgan fingerprint density at radius 1 is 1.50 bits per heavy atom. The van der Waals surface area contributed by atoms with Crippen molar-refractivity contribution in [3.8, 4) is 0 Å². The topological polar surface area (TPSA) is 43.1 Å². The minimum atomic E-state index is -0.528. The number of rotatable bonds is 3. The number of ketones is 1. The first-order valence-corrected chi connectivity index (χ1v) is 4.59. The zero-order valence-electron chi connectivity index (χ0n) is 8.38. The first kappa shape index (κ1) is 10.7. The quantitative estimate of drug-likeness (QED) is 0.595. The molecule has 1 aromatic rings. The van der Waals surface area contributed by atoms with E-state index in [0.29, 0.717) is 12.0 Å². The molecule has 0 radical (unpaired) electrons. The van der Waals surface area contributed by atoms with E-state index in [-0.39, 0.29) is 17.4 Å². The number of halogens is 1. The molecule has 0 aromatic heterocycles. The smallest absolute Gasteiger partial charge is 0.165 e. The molecule has 0 aliphatic heterocycles. The molecule has 2 N–H and O–H groups in total. The van der Waals surface area contributed by atoms with Crippen LogP contribution in [0.15, 0.2) is 18.2 Å². The maximum absolute atomic E-state index is 13.0. The summed E-state index contributed by atoms with van der Waals surface area (Å²) in [7, 11) is 0. The number of hydrogen-bond acceptors (Lipinski definition) is 2. The van der Waals surface area contributed by atoms with Crippen LogP contribution in [-0.2, 0) is 0 Å². The highest BCUT2D eigenvalue weighted by Gasteiger charge is 2.13. The normalized spacial score (nSPS) is 10.6. The van der Waals surface area contributed by atoms with Gasteiger partial charge in [0.05, 0.1) is 5.69 Å². The standard InChI is InChI=1S/C11H14FNO/c1-7(2)6-10(14)8-4-3-5-9(12)11(8)13/h3-5,7H,6,13H2,1-2H3. The van der Waals surface area contributed by atoms with Crippen LogP contribution in [0, 0.1) is 11.7 Å². The van der Waals surface area contributed by atoms with Gasteiger partial charge in [0.15, 0.2) is 5.78 Å². The van der Waals surface area contributed by atoms with Gasteiger partial charge in [-0.1, -0.05) is 19.9 Å². The third-order valence-corrected chi connectivity index (χ3v) is 1.95. The van der Waals surface area contributed by atoms with E-state index in [1.807, 2.05) is 13.8 Å². The van der Waals surface area contributed by atoms with E-state index in [9.17, 15) is 9.18 Å². The Bertz CT molecular complexity index is 347. The van der Waals surface area contributed by atoms with Gasteiger partial charge in [-0.05, 0) is 18.1 Å². The lowest BCUT2D eigenvalue weighted by molar-refractivity contribution is 0.0968. The SMILES string of the molecule is CC(C)CC(=O)c1cccc(F)c1N. The fraction of sp³-hybridized carbons (Fsp3) is 0.364. The summed E-state index contributed by atoms with van der Waals surface area (Å²) in [5.41, 5.74) is 5.71. The van der Waals surface area contributed by atoms with Gasteiger partial charge in [-0.15, -0.1) is 0 Å². The number of carbonyl (C=O) groups excluding carboxylic acids is 1. The molecule has 1 aromatic carbocycles. The average molecular weight is 195 g/mol. The number of para-hydroxylation sites is 1. The largest absolute Gasteiger partial charge is 0.396 e. The second-order valence-corrected chi connectivity index (χ2v) is 3.72. The fourth-order valence-electron chi connectivity index (χ4n) is 1.26. The Balaban J connectivity index is 2.96. The second-order valence-electron chi connectivity index (χ2n) is 3.72. The molecule has 0 saturated heterocycles. The maximum Gasteiger partial charge on any atom is 0.165 e. The third kappa shape index (κ3) is 2.31. The average Bonchev–Trinajstić information content (AvgIpc) is 2.08. The summed E-state index contributed by atoms with van der Waals surface area (Å²) in [5, 5.41) is 0. The van der Waals surface area contributed by atoms with Gasteiger partial charge in [0.1, 0.15) is 5.82 Å². The minimum absolute atomic E-state index is 0.0434. The second kappa shape index (κ2) is 4.22. The van der Waals surface area contributed by atoms with Crippen molar-refractivity contribution in [2.45, 2.75) is 20.3 Å². The molecule has 76 valence electrons. The van der Waals surface area contributed by atoms with Crippen molar-refractivity contribution in [2.75, 3.05) is 5.73 Å². The summed E-state index contributed by atoms with van der Waals surface area (Å²) in [6, 6.07) is 4.31. The van der Waals surface area contributed by atoms with Crippen molar-refractivity contribution in [2.24, 2.45) is 5.92 Å². The number of benzene rings is 1. The van der Waals surface area contributed by atoms with E-state index in [1.54, 1.807) is 6.07 Å². The van der Waals surface area contributed by atoms with Crippen molar-refractivity contribution >= 4 is 11.5 Å². The van der Waals surface area contributed by atoms with Crippen molar-refractivity contribution in [3.05, 3.63) is 29.6 Å². The number of Topliss-reactive ketones (excluding diaryl/α,β-unsaturated/α-hetero) is 1. The molecule has 1 rings (SSSR count). The number of anilines is 1. The van der Waals surface area contributed by atoms with Crippen molar-refractivity contribution in [1.82, 2.24) is 0 Å². The van der Waals surface area contributed by atoms with Crippen LogP contribution in [0.3, 0.4) is 0 Å². The predicted octanol–water partition coefficient (Wildman–Crippen LogP) is 2.64. The lowest BCUT2D eigenvalue weighted by Crippen LogP contribution is -2.08. The van der Waals surface area contributed by atoms with Crippen molar-refractivity contribution < 1.29 is 9.18 Å². The molecule has 3 heteroatoms. The summed E-state index contributed by atoms with van der Waals surface area (Å²) in [6.45, 7) is 3.88. The van der Waals surface area contributed by atoms with E-state index in [4.69, 9.17) is 5.73 Å². The molecule has 2 nitrogen and oxygen atoms in total. The van der Waals surface area contributed by atoms with E-state index >= 15 is 0 Å². The zero-order valence-corrected chi connectivity index (χ0v) is 8.38. The molecule has 0 unspecified atom stereocenters. The Hall–Kier alpha value is -1.38. The maximum atomic E-state index is 13.0. The molecular formula is C11H14FNO. The Labute approximate surface area is 82.9 Å². The molecule has 0 aliphatic rings. The first-order valence-electron chi connectivity index (χ1n) is 4.59. The van der Waals surface area contributed by atoms with Crippen LogP contribution in [0.2, 0.25) is 0 Å². The molecule has 0 aliphatic carbocycles. The predicted molar refractivity (Wildman–Crippen MR) is 54.6 cm³/mol. The van der Waals surface area contributed by atoms with E-state index < -0.39 is 5.82 Å². The highest BCUT2D eigenvalue weighted by molar-refractivity contribution is 6.00. The van der Waals surface area contributed by atoms with Gasteiger partial charge in [0, 0.05) is 12.0 Å². The van der Waals surface area contributed by atoms with Gasteiger partial charge in [-0.3, -0.25) is 4.79 Å². The van der Waals surface area contributed by atoms with Crippen LogP contribution >= 0.6 is 0 Å². The van der Waals surface area contributed by atoms with Gasteiger partial charge < -0.3 is 5.73 Å². The van der Waals surface area contributed by atoms with E-state index in [2.05, 4.69) is 0 Å². The molecule has 0 spiro atoms. The highest BCUT2D eigenvalue weighted by Crippen LogP contribution is 2.19. The van der Waals surface area contributed by atoms with Crippen LogP contribution in [-0.4, -0.2) is 5.78 Å². The first-order chi connectivity index (χ1) is 6.52. The highest BCUT2D eigenvalue weighted by atomic mass is 19.1. The summed E-state index contributed by atoms with van der Waals surface area (Å²) < 4.78 is 13.0. The number of nitrogen functional groups attached to an aromatic ring is 1. The van der Waals surface area contributed by atoms with Crippen LogP contribution in [0.1, 0.15) is 30.6 Å². The molecular weight excluding hydrogens is 181 g/mol. The van der Waals surface area contributed by atoms with Crippen LogP contribution in [0.25, 0.3) is 0 Å². The third-order valence-electron chi connectivity index (χ3n) is 1.95. The van der Waals surface area contributed by atoms with E-state index in [1.165, 1.54) is 12.1 Å². The van der Waals surface area contributed by atoms with Gasteiger partial charge in [0.2, 0.25) is 0 Å². The lowest BCUT2D eigenvalue weighted by Gasteiger charge is -2.06. The summed E-state index contributed by atoms with van der Waals surface area (Å²) in [6.07, 6.45) is 0.396. The number of carbonyl (C=O) groups is 1. The van der Waals surface area contributed by atoms with Gasteiger partial charge in [-0.25, -0.2) is 4.39 Å². The zero-order chi connectivity index (χ0) is 10.7. The molecule has 0 heterocycles. The Morgan fingerprint density at radius 3 is 2.71 bits per heavy atom. The lowest BCUT2D eigenvalue weighted by atomic mass is 10.00. The number of hydrogen-bond donors (Lipinski definition) is 1. The molecule has 0 saturated carbocycles. The van der Waals surface area contributed by atoms with Gasteiger partial charge in [-0.2, -0.15) is 0 Å². The van der Waals surface area contributed by atoms with Gasteiger partial charge >= 0.3 is 0 Å².